The number of anilines is 2. The molecule has 0 spiro atoms. The Bertz CT molecular complexity index is 575. The van der Waals surface area contributed by atoms with E-state index in [1.165, 1.54) is 0 Å². The second kappa shape index (κ2) is 9.31. The van der Waals surface area contributed by atoms with Crippen LogP contribution in [-0.2, 0) is 14.3 Å². The Kier molecular flexibility index (Phi) is 7.76. The lowest BCUT2D eigenvalue weighted by atomic mass is 10.2. The summed E-state index contributed by atoms with van der Waals surface area (Å²) in [6, 6.07) is 1.73. The van der Waals surface area contributed by atoms with Crippen molar-refractivity contribution in [3.05, 3.63) is 16.7 Å². The first-order valence-electron chi connectivity index (χ1n) is 7.45. The lowest BCUT2D eigenvalue weighted by molar-refractivity contribution is -0.143. The predicted octanol–water partition coefficient (Wildman–Crippen LogP) is 2.30. The van der Waals surface area contributed by atoms with E-state index in [1.807, 2.05) is 0 Å². The van der Waals surface area contributed by atoms with Crippen LogP contribution in [0.4, 0.5) is 16.3 Å². The quantitative estimate of drug-likeness (QED) is 0.473. The molecular weight excluding hydrogens is 380 g/mol. The minimum atomic E-state index is -0.570. The number of amides is 1. The number of carbonyl (C=O) groups is 2. The van der Waals surface area contributed by atoms with Gasteiger partial charge in [-0.05, 0) is 42.8 Å². The van der Waals surface area contributed by atoms with Crippen LogP contribution in [0.5, 0.6) is 0 Å². The average Bonchev–Trinajstić information content (AvgIpc) is 2.43. The number of ether oxygens (including phenoxy) is 2. The van der Waals surface area contributed by atoms with Gasteiger partial charge in [-0.2, -0.15) is 0 Å². The van der Waals surface area contributed by atoms with Crippen LogP contribution in [0.25, 0.3) is 0 Å². The van der Waals surface area contributed by atoms with Crippen molar-refractivity contribution < 1.29 is 19.1 Å². The lowest BCUT2D eigenvalue weighted by Gasteiger charge is -2.19. The zero-order chi connectivity index (χ0) is 18.2. The summed E-state index contributed by atoms with van der Waals surface area (Å²) < 4.78 is 10.9. The molecule has 9 heteroatoms. The molecule has 0 saturated heterocycles. The molecule has 1 heterocycles. The van der Waals surface area contributed by atoms with E-state index in [0.717, 1.165) is 4.47 Å². The molecule has 0 aliphatic rings. The van der Waals surface area contributed by atoms with Crippen LogP contribution >= 0.6 is 15.9 Å². The van der Waals surface area contributed by atoms with Crippen molar-refractivity contribution in [3.8, 4) is 0 Å². The Balaban J connectivity index is 2.15. The van der Waals surface area contributed by atoms with Crippen molar-refractivity contribution in [2.75, 3.05) is 30.7 Å². The van der Waals surface area contributed by atoms with Gasteiger partial charge in [-0.3, -0.25) is 4.79 Å². The number of nitrogens with zero attached hydrogens (tertiary/aromatic N) is 1. The Morgan fingerprint density at radius 2 is 2.04 bits per heavy atom. The van der Waals surface area contributed by atoms with Gasteiger partial charge in [0.25, 0.3) is 0 Å². The molecule has 0 fully saturated rings. The number of alkyl carbamates (subject to hydrolysis) is 1. The highest BCUT2D eigenvalue weighted by molar-refractivity contribution is 9.10. The minimum absolute atomic E-state index is 0.0674. The number of aromatic nitrogens is 1. The van der Waals surface area contributed by atoms with Crippen molar-refractivity contribution in [3.63, 3.8) is 0 Å². The number of nitrogen functional groups attached to an aromatic ring is 1. The minimum Gasteiger partial charge on any atom is -0.464 e. The van der Waals surface area contributed by atoms with E-state index < -0.39 is 17.7 Å². The van der Waals surface area contributed by atoms with Crippen molar-refractivity contribution in [1.82, 2.24) is 10.3 Å². The molecule has 0 unspecified atom stereocenters. The Hall–Kier alpha value is -2.03. The summed E-state index contributed by atoms with van der Waals surface area (Å²) in [5, 5.41) is 5.46. The second-order valence-corrected chi connectivity index (χ2v) is 6.83. The summed E-state index contributed by atoms with van der Waals surface area (Å²) in [4.78, 5) is 27.0. The largest absolute Gasteiger partial charge is 0.464 e. The number of hydrogen-bond donors (Lipinski definition) is 3. The third-order valence-electron chi connectivity index (χ3n) is 2.54. The van der Waals surface area contributed by atoms with E-state index in [0.29, 0.717) is 18.1 Å². The summed E-state index contributed by atoms with van der Waals surface area (Å²) in [5.41, 5.74) is 5.71. The first-order valence-corrected chi connectivity index (χ1v) is 8.24. The van der Waals surface area contributed by atoms with Gasteiger partial charge in [0.15, 0.2) is 0 Å². The van der Waals surface area contributed by atoms with E-state index in [9.17, 15) is 9.59 Å². The molecule has 0 aliphatic carbocycles. The third-order valence-corrected chi connectivity index (χ3v) is 2.97. The molecule has 134 valence electrons. The zero-order valence-electron chi connectivity index (χ0n) is 14.0. The number of nitrogens with one attached hydrogen (secondary N) is 2. The number of hydrogen-bond acceptors (Lipinski definition) is 7. The fourth-order valence-corrected chi connectivity index (χ4v) is 1.94. The standard InChI is InChI=1S/C15H23BrN4O4/c1-15(2,3)24-14(22)19-5-4-12(21)23-7-6-18-13-11(17)8-10(16)9-20-13/h8-9H,4-7,17H2,1-3H3,(H,18,20)(H,19,22). The molecular formula is C15H23BrN4O4. The van der Waals surface area contributed by atoms with E-state index in [4.69, 9.17) is 15.2 Å². The van der Waals surface area contributed by atoms with Gasteiger partial charge in [0.2, 0.25) is 0 Å². The number of esters is 1. The molecule has 1 aromatic rings. The lowest BCUT2D eigenvalue weighted by Crippen LogP contribution is -2.33. The van der Waals surface area contributed by atoms with E-state index in [-0.39, 0.29) is 19.6 Å². The van der Waals surface area contributed by atoms with Gasteiger partial charge in [-0.1, -0.05) is 0 Å². The van der Waals surface area contributed by atoms with Gasteiger partial charge in [0.05, 0.1) is 18.7 Å². The number of nitrogens with two attached hydrogens (primary N) is 1. The average molecular weight is 403 g/mol. The first-order chi connectivity index (χ1) is 11.2. The number of rotatable bonds is 7. The van der Waals surface area contributed by atoms with Crippen molar-refractivity contribution in [1.29, 1.82) is 0 Å². The molecule has 0 aromatic carbocycles. The highest BCUT2D eigenvalue weighted by atomic mass is 79.9. The van der Waals surface area contributed by atoms with Gasteiger partial charge < -0.3 is 25.8 Å². The molecule has 1 aromatic heterocycles. The Morgan fingerprint density at radius 3 is 2.67 bits per heavy atom. The molecule has 0 saturated carbocycles. The summed E-state index contributed by atoms with van der Waals surface area (Å²) >= 11 is 3.27. The Labute approximate surface area is 149 Å². The smallest absolute Gasteiger partial charge is 0.407 e. The van der Waals surface area contributed by atoms with Gasteiger partial charge in [-0.25, -0.2) is 9.78 Å². The summed E-state index contributed by atoms with van der Waals surface area (Å²) in [6.45, 7) is 6.00. The normalized spacial score (nSPS) is 10.8. The van der Waals surface area contributed by atoms with Crippen LogP contribution in [0, 0.1) is 0 Å². The summed E-state index contributed by atoms with van der Waals surface area (Å²) in [5.74, 6) is 0.116. The van der Waals surface area contributed by atoms with Crippen LogP contribution in [0.2, 0.25) is 0 Å². The summed E-state index contributed by atoms with van der Waals surface area (Å²) in [6.07, 6.45) is 1.12. The van der Waals surface area contributed by atoms with Crippen LogP contribution in [0.3, 0.4) is 0 Å². The number of pyridine rings is 1. The zero-order valence-corrected chi connectivity index (χ0v) is 15.6. The van der Waals surface area contributed by atoms with Crippen LogP contribution in [-0.4, -0.2) is 42.3 Å². The maximum absolute atomic E-state index is 11.5. The first kappa shape index (κ1) is 20.0. The van der Waals surface area contributed by atoms with E-state index in [1.54, 1.807) is 33.0 Å². The molecule has 0 aliphatic heterocycles. The number of halogens is 1. The van der Waals surface area contributed by atoms with Crippen molar-refractivity contribution in [2.45, 2.75) is 32.8 Å². The van der Waals surface area contributed by atoms with Crippen LogP contribution < -0.4 is 16.4 Å². The fourth-order valence-electron chi connectivity index (χ4n) is 1.59. The highest BCUT2D eigenvalue weighted by Crippen LogP contribution is 2.19. The molecule has 1 amide bonds. The summed E-state index contributed by atoms with van der Waals surface area (Å²) in [7, 11) is 0. The monoisotopic (exact) mass is 402 g/mol. The highest BCUT2D eigenvalue weighted by Gasteiger charge is 2.16. The van der Waals surface area contributed by atoms with Gasteiger partial charge in [0, 0.05) is 17.2 Å². The number of carbonyl (C=O) groups excluding carboxylic acids is 2. The van der Waals surface area contributed by atoms with Crippen LogP contribution in [0.15, 0.2) is 16.7 Å². The maximum atomic E-state index is 11.5. The van der Waals surface area contributed by atoms with Crippen LogP contribution in [0.1, 0.15) is 27.2 Å². The van der Waals surface area contributed by atoms with Gasteiger partial charge in [-0.15, -0.1) is 0 Å². The fraction of sp³-hybridized carbons (Fsp3) is 0.533. The molecule has 0 atom stereocenters. The van der Waals surface area contributed by atoms with Crippen molar-refractivity contribution in [2.24, 2.45) is 0 Å². The Morgan fingerprint density at radius 1 is 1.33 bits per heavy atom. The van der Waals surface area contributed by atoms with Gasteiger partial charge in [0.1, 0.15) is 18.0 Å². The van der Waals surface area contributed by atoms with Gasteiger partial charge >= 0.3 is 12.1 Å². The molecule has 1 rings (SSSR count). The molecule has 4 N–H and O–H groups in total. The molecule has 24 heavy (non-hydrogen) atoms. The SMILES string of the molecule is CC(C)(C)OC(=O)NCCC(=O)OCCNc1ncc(Br)cc1N. The van der Waals surface area contributed by atoms with Crippen molar-refractivity contribution >= 4 is 39.5 Å². The molecule has 8 nitrogen and oxygen atoms in total. The molecule has 0 bridgehead atoms. The molecule has 0 radical (unpaired) electrons. The predicted molar refractivity (Wildman–Crippen MR) is 94.7 cm³/mol. The van der Waals surface area contributed by atoms with E-state index in [2.05, 4.69) is 31.5 Å². The van der Waals surface area contributed by atoms with E-state index >= 15 is 0 Å². The topological polar surface area (TPSA) is 116 Å². The maximum Gasteiger partial charge on any atom is 0.407 e. The second-order valence-electron chi connectivity index (χ2n) is 5.92. The third kappa shape index (κ3) is 8.56.